The monoisotopic (exact) mass is 714 g/mol. The van der Waals surface area contributed by atoms with Crippen molar-refractivity contribution < 1.29 is 37.5 Å². The number of rotatable bonds is 15. The van der Waals surface area contributed by atoms with Gasteiger partial charge in [0.15, 0.2) is 17.1 Å². The molecule has 0 aliphatic heterocycles. The maximum absolute atomic E-state index is 14.4. The van der Waals surface area contributed by atoms with E-state index in [4.69, 9.17) is 44.8 Å². The number of hydrogen-bond acceptors (Lipinski definition) is 7. The minimum atomic E-state index is -1.30. The Kier molecular flexibility index (Phi) is 12.0. The van der Waals surface area contributed by atoms with Gasteiger partial charge in [-0.25, -0.2) is 4.39 Å². The van der Waals surface area contributed by atoms with Gasteiger partial charge in [0.1, 0.15) is 29.7 Å². The van der Waals surface area contributed by atoms with E-state index in [0.717, 1.165) is 22.3 Å². The van der Waals surface area contributed by atoms with Crippen molar-refractivity contribution in [1.29, 1.82) is 0 Å². The Hall–Kier alpha value is -4.92. The summed E-state index contributed by atoms with van der Waals surface area (Å²) in [6.07, 6.45) is 4.01. The third kappa shape index (κ3) is 7.03. The molecule has 9 heteroatoms. The lowest BCUT2D eigenvalue weighted by molar-refractivity contribution is -0.0341. The van der Waals surface area contributed by atoms with E-state index < -0.39 is 11.0 Å². The molecule has 0 saturated carbocycles. The highest BCUT2D eigenvalue weighted by Crippen LogP contribution is 2.56. The highest BCUT2D eigenvalue weighted by atomic mass is 35.5. The molecule has 0 amide bonds. The molecule has 0 bridgehead atoms. The van der Waals surface area contributed by atoms with Crippen molar-refractivity contribution in [3.05, 3.63) is 148 Å². The first-order valence-electron chi connectivity index (χ1n) is 16.4. The Morgan fingerprint density at radius 2 is 1.33 bits per heavy atom. The number of alkyl halides is 1. The van der Waals surface area contributed by atoms with Gasteiger partial charge in [-0.1, -0.05) is 72.8 Å². The second-order valence-corrected chi connectivity index (χ2v) is 12.3. The summed E-state index contributed by atoms with van der Waals surface area (Å²) in [6.45, 7) is 2.33. The van der Waals surface area contributed by atoms with Gasteiger partial charge in [-0.2, -0.15) is 0 Å². The molecule has 1 aliphatic rings. The topological polar surface area (TPSA) is 64.6 Å². The van der Waals surface area contributed by atoms with Crippen molar-refractivity contribution in [1.82, 2.24) is 0 Å². The van der Waals surface area contributed by atoms with Gasteiger partial charge in [0.05, 0.1) is 41.0 Å². The molecular weight excluding hydrogens is 671 g/mol. The smallest absolute Gasteiger partial charge is 0.203 e. The van der Waals surface area contributed by atoms with Crippen molar-refractivity contribution in [2.24, 2.45) is 0 Å². The largest absolute Gasteiger partial charge is 0.498 e. The van der Waals surface area contributed by atoms with E-state index in [1.807, 2.05) is 91.9 Å². The minimum absolute atomic E-state index is 0.0804. The lowest BCUT2D eigenvalue weighted by Gasteiger charge is -2.48. The van der Waals surface area contributed by atoms with Crippen LogP contribution in [0, 0.1) is 5.82 Å². The number of benzene rings is 4. The maximum atomic E-state index is 14.4. The second-order valence-electron chi connectivity index (χ2n) is 12.0. The Morgan fingerprint density at radius 1 is 0.667 bits per heavy atom. The predicted molar refractivity (Wildman–Crippen MR) is 198 cm³/mol. The third-order valence-corrected chi connectivity index (χ3v) is 9.83. The van der Waals surface area contributed by atoms with Crippen molar-refractivity contribution in [2.75, 3.05) is 48.5 Å². The van der Waals surface area contributed by atoms with E-state index in [1.165, 1.54) is 12.1 Å². The number of ether oxygens (including phenoxy) is 7. The van der Waals surface area contributed by atoms with E-state index in [-0.39, 0.29) is 18.1 Å². The summed E-state index contributed by atoms with van der Waals surface area (Å²) >= 11 is 7.19. The molecule has 2 unspecified atom stereocenters. The van der Waals surface area contributed by atoms with E-state index in [2.05, 4.69) is 0 Å². The van der Waals surface area contributed by atoms with Crippen LogP contribution in [0.15, 0.2) is 120 Å². The summed E-state index contributed by atoms with van der Waals surface area (Å²) in [5.41, 5.74) is 2.39. The SMILES string of the molecule is COC1=C(C)C(CCl)(c2ccccc2OCc2ccccc2)C(C=Cc2cccc(F)c2)=C(OC)C1(Cc1cc(OC)c(OC)c(OC)c1)OC. The summed E-state index contributed by atoms with van der Waals surface area (Å²) in [6, 6.07) is 27.9. The fraction of sp³-hybridized carbons (Fsp3) is 0.286. The zero-order chi connectivity index (χ0) is 36.6. The van der Waals surface area contributed by atoms with Crippen LogP contribution in [0.3, 0.4) is 0 Å². The summed E-state index contributed by atoms with van der Waals surface area (Å²) < 4.78 is 57.2. The molecule has 0 saturated heterocycles. The number of methoxy groups -OCH3 is 6. The van der Waals surface area contributed by atoms with Crippen molar-refractivity contribution in [2.45, 2.75) is 31.0 Å². The zero-order valence-corrected chi connectivity index (χ0v) is 30.8. The first-order chi connectivity index (χ1) is 24.8. The van der Waals surface area contributed by atoms with Crippen LogP contribution < -0.4 is 18.9 Å². The summed E-state index contributed by atoms with van der Waals surface area (Å²) in [4.78, 5) is 0. The third-order valence-electron chi connectivity index (χ3n) is 9.43. The number of para-hydroxylation sites is 1. The van der Waals surface area contributed by atoms with Crippen LogP contribution in [0.4, 0.5) is 4.39 Å². The number of hydrogen-bond donors (Lipinski definition) is 0. The van der Waals surface area contributed by atoms with E-state index in [0.29, 0.717) is 52.3 Å². The van der Waals surface area contributed by atoms with Crippen LogP contribution in [0.25, 0.3) is 6.08 Å². The van der Waals surface area contributed by atoms with Crippen LogP contribution in [-0.2, 0) is 32.7 Å². The van der Waals surface area contributed by atoms with E-state index >= 15 is 0 Å². The molecule has 1 aliphatic carbocycles. The van der Waals surface area contributed by atoms with Crippen LogP contribution >= 0.6 is 11.6 Å². The molecule has 7 nitrogen and oxygen atoms in total. The average Bonchev–Trinajstić information content (AvgIpc) is 3.16. The Balaban J connectivity index is 1.80. The summed E-state index contributed by atoms with van der Waals surface area (Å²) in [7, 11) is 9.52. The van der Waals surface area contributed by atoms with E-state index in [9.17, 15) is 4.39 Å². The van der Waals surface area contributed by atoms with Gasteiger partial charge in [0.2, 0.25) is 5.75 Å². The van der Waals surface area contributed by atoms with Gasteiger partial charge >= 0.3 is 0 Å². The molecule has 0 spiro atoms. The van der Waals surface area contributed by atoms with Crippen LogP contribution in [0.1, 0.15) is 29.2 Å². The van der Waals surface area contributed by atoms with Crippen LogP contribution in [0.2, 0.25) is 0 Å². The van der Waals surface area contributed by atoms with Crippen molar-refractivity contribution in [3.8, 4) is 23.0 Å². The fourth-order valence-corrected chi connectivity index (χ4v) is 7.52. The Labute approximate surface area is 304 Å². The van der Waals surface area contributed by atoms with Crippen molar-refractivity contribution in [3.63, 3.8) is 0 Å². The molecule has 0 radical (unpaired) electrons. The summed E-state index contributed by atoms with van der Waals surface area (Å²) in [5.74, 6) is 2.77. The molecule has 4 aromatic carbocycles. The van der Waals surface area contributed by atoms with Gasteiger partial charge in [-0.15, -0.1) is 11.6 Å². The minimum Gasteiger partial charge on any atom is -0.498 e. The molecule has 0 heterocycles. The lowest BCUT2D eigenvalue weighted by atomic mass is 9.62. The number of allylic oxidation sites excluding steroid dienone is 3. The average molecular weight is 715 g/mol. The zero-order valence-electron chi connectivity index (χ0n) is 30.0. The van der Waals surface area contributed by atoms with Gasteiger partial charge in [0, 0.05) is 30.5 Å². The predicted octanol–water partition coefficient (Wildman–Crippen LogP) is 9.08. The molecule has 2 atom stereocenters. The quantitative estimate of drug-likeness (QED) is 0.114. The lowest BCUT2D eigenvalue weighted by Crippen LogP contribution is -2.50. The van der Waals surface area contributed by atoms with Gasteiger partial charge in [-0.05, 0) is 59.5 Å². The maximum Gasteiger partial charge on any atom is 0.203 e. The first-order valence-corrected chi connectivity index (χ1v) is 16.9. The molecule has 5 rings (SSSR count). The van der Waals surface area contributed by atoms with Crippen LogP contribution in [-0.4, -0.2) is 54.1 Å². The molecule has 268 valence electrons. The molecular formula is C42H44ClFO7. The Morgan fingerprint density at radius 3 is 1.92 bits per heavy atom. The standard InChI is InChI=1S/C42H44ClFO7/c1-28-39(48-5)42(50-7,25-31-23-36(45-2)38(47-4)37(24-31)46-3)40(49-6)34(21-20-29-16-13-17-32(44)22-29)41(28,27-43)33-18-11-12-19-35(33)51-26-30-14-9-8-10-15-30/h8-24H,25-27H2,1-7H3. The molecule has 0 fully saturated rings. The fourth-order valence-electron chi connectivity index (χ4n) is 7.03. The summed E-state index contributed by atoms with van der Waals surface area (Å²) in [5, 5.41) is 0. The highest BCUT2D eigenvalue weighted by Gasteiger charge is 2.56. The molecule has 0 N–H and O–H groups in total. The van der Waals surface area contributed by atoms with Gasteiger partial charge < -0.3 is 33.2 Å². The van der Waals surface area contributed by atoms with Gasteiger partial charge in [0.25, 0.3) is 0 Å². The second kappa shape index (κ2) is 16.4. The van der Waals surface area contributed by atoms with Crippen molar-refractivity contribution >= 4 is 17.7 Å². The van der Waals surface area contributed by atoms with E-state index in [1.54, 1.807) is 48.7 Å². The van der Waals surface area contributed by atoms with Gasteiger partial charge in [-0.3, -0.25) is 0 Å². The molecule has 51 heavy (non-hydrogen) atoms. The highest BCUT2D eigenvalue weighted by molar-refractivity contribution is 6.19. The molecule has 4 aromatic rings. The molecule has 0 aromatic heterocycles. The Bertz CT molecular complexity index is 1900. The van der Waals surface area contributed by atoms with Crippen LogP contribution in [0.5, 0.6) is 23.0 Å². The first kappa shape index (κ1) is 37.3. The number of halogens is 2. The normalized spacial score (nSPS) is 18.9.